The molecule has 2 aromatic rings. The molecular formula is C17H20BrNO2. The Kier molecular flexibility index (Phi) is 5.12. The maximum absolute atomic E-state index is 5.36. The summed E-state index contributed by atoms with van der Waals surface area (Å²) in [6.07, 6.45) is 0. The number of aryl methyl sites for hydroxylation is 2. The molecule has 0 fully saturated rings. The third kappa shape index (κ3) is 3.70. The van der Waals surface area contributed by atoms with Crippen molar-refractivity contribution in [3.8, 4) is 11.5 Å². The highest BCUT2D eigenvalue weighted by molar-refractivity contribution is 9.10. The minimum Gasteiger partial charge on any atom is -0.493 e. The maximum Gasteiger partial charge on any atom is 0.174 e. The molecular weight excluding hydrogens is 330 g/mol. The predicted octanol–water partition coefficient (Wildman–Crippen LogP) is 4.70. The van der Waals surface area contributed by atoms with Crippen LogP contribution in [0.4, 0.5) is 5.69 Å². The van der Waals surface area contributed by atoms with Crippen molar-refractivity contribution in [2.24, 2.45) is 0 Å². The minimum atomic E-state index is 0.715. The molecule has 4 heteroatoms. The number of nitrogens with one attached hydrogen (secondary N) is 1. The zero-order valence-electron chi connectivity index (χ0n) is 12.8. The lowest BCUT2D eigenvalue weighted by atomic mass is 10.1. The molecule has 0 atom stereocenters. The highest BCUT2D eigenvalue weighted by Gasteiger charge is 2.10. The van der Waals surface area contributed by atoms with Crippen LogP contribution in [0.1, 0.15) is 16.7 Å². The Hall–Kier alpha value is -1.68. The van der Waals surface area contributed by atoms with Crippen LogP contribution in [0.15, 0.2) is 34.8 Å². The molecule has 0 aliphatic carbocycles. The third-order valence-electron chi connectivity index (χ3n) is 3.50. The predicted molar refractivity (Wildman–Crippen MR) is 90.5 cm³/mol. The van der Waals surface area contributed by atoms with Gasteiger partial charge in [0, 0.05) is 12.2 Å². The first-order valence-corrected chi connectivity index (χ1v) is 7.56. The number of methoxy groups -OCH3 is 2. The first-order chi connectivity index (χ1) is 10.0. The van der Waals surface area contributed by atoms with Gasteiger partial charge in [-0.1, -0.05) is 6.07 Å². The average Bonchev–Trinajstić information content (AvgIpc) is 2.47. The highest BCUT2D eigenvalue weighted by Crippen LogP contribution is 2.36. The van der Waals surface area contributed by atoms with Gasteiger partial charge in [0.05, 0.1) is 18.7 Å². The van der Waals surface area contributed by atoms with Crippen molar-refractivity contribution in [1.82, 2.24) is 0 Å². The highest BCUT2D eigenvalue weighted by atomic mass is 79.9. The van der Waals surface area contributed by atoms with E-state index in [1.807, 2.05) is 12.1 Å². The molecule has 0 aliphatic heterocycles. The van der Waals surface area contributed by atoms with E-state index in [2.05, 4.69) is 53.3 Å². The fourth-order valence-corrected chi connectivity index (χ4v) is 2.78. The number of ether oxygens (including phenoxy) is 2. The van der Waals surface area contributed by atoms with Crippen molar-refractivity contribution in [3.05, 3.63) is 51.5 Å². The normalized spacial score (nSPS) is 10.3. The van der Waals surface area contributed by atoms with E-state index in [1.54, 1.807) is 14.2 Å². The fraction of sp³-hybridized carbons (Fsp3) is 0.294. The standard InChI is InChI=1S/C17H20BrNO2/c1-11-5-6-14(7-12(11)2)19-10-13-8-15(18)17(21-4)16(9-13)20-3/h5-9,19H,10H2,1-4H3. The molecule has 0 aromatic heterocycles. The summed E-state index contributed by atoms with van der Waals surface area (Å²) in [6, 6.07) is 10.4. The topological polar surface area (TPSA) is 30.5 Å². The van der Waals surface area contributed by atoms with Gasteiger partial charge in [0.2, 0.25) is 0 Å². The first kappa shape index (κ1) is 15.7. The molecule has 2 aromatic carbocycles. The van der Waals surface area contributed by atoms with Gasteiger partial charge in [0.25, 0.3) is 0 Å². The van der Waals surface area contributed by atoms with Gasteiger partial charge in [-0.15, -0.1) is 0 Å². The molecule has 21 heavy (non-hydrogen) atoms. The Balaban J connectivity index is 2.16. The summed E-state index contributed by atoms with van der Waals surface area (Å²) in [5.74, 6) is 1.44. The van der Waals surface area contributed by atoms with Gasteiger partial charge in [0.15, 0.2) is 11.5 Å². The zero-order valence-corrected chi connectivity index (χ0v) is 14.4. The van der Waals surface area contributed by atoms with E-state index >= 15 is 0 Å². The Labute approximate surface area is 134 Å². The Morgan fingerprint density at radius 3 is 2.38 bits per heavy atom. The lowest BCUT2D eigenvalue weighted by molar-refractivity contribution is 0.352. The van der Waals surface area contributed by atoms with E-state index in [0.29, 0.717) is 5.75 Å². The number of hydrogen-bond donors (Lipinski definition) is 1. The molecule has 0 unspecified atom stereocenters. The Morgan fingerprint density at radius 1 is 1.00 bits per heavy atom. The quantitative estimate of drug-likeness (QED) is 0.848. The van der Waals surface area contributed by atoms with Crippen LogP contribution in [0, 0.1) is 13.8 Å². The van der Waals surface area contributed by atoms with Gasteiger partial charge in [0.1, 0.15) is 0 Å². The largest absolute Gasteiger partial charge is 0.493 e. The van der Waals surface area contributed by atoms with Crippen molar-refractivity contribution in [1.29, 1.82) is 0 Å². The molecule has 0 radical (unpaired) electrons. The second-order valence-electron chi connectivity index (χ2n) is 4.97. The number of halogens is 1. The van der Waals surface area contributed by atoms with E-state index in [9.17, 15) is 0 Å². The van der Waals surface area contributed by atoms with E-state index in [4.69, 9.17) is 9.47 Å². The van der Waals surface area contributed by atoms with Crippen LogP contribution < -0.4 is 14.8 Å². The molecule has 0 amide bonds. The minimum absolute atomic E-state index is 0.715. The molecule has 0 saturated heterocycles. The van der Waals surface area contributed by atoms with Crippen LogP contribution in [0.2, 0.25) is 0 Å². The van der Waals surface area contributed by atoms with Crippen molar-refractivity contribution in [2.75, 3.05) is 19.5 Å². The van der Waals surface area contributed by atoms with Crippen molar-refractivity contribution in [3.63, 3.8) is 0 Å². The van der Waals surface area contributed by atoms with Crippen LogP contribution >= 0.6 is 15.9 Å². The molecule has 112 valence electrons. The van der Waals surface area contributed by atoms with E-state index < -0.39 is 0 Å². The van der Waals surface area contributed by atoms with E-state index in [1.165, 1.54) is 11.1 Å². The summed E-state index contributed by atoms with van der Waals surface area (Å²) < 4.78 is 11.6. The van der Waals surface area contributed by atoms with E-state index in [0.717, 1.165) is 28.0 Å². The summed E-state index contributed by atoms with van der Waals surface area (Å²) >= 11 is 3.51. The van der Waals surface area contributed by atoms with Gasteiger partial charge in [-0.05, 0) is 70.7 Å². The van der Waals surface area contributed by atoms with Crippen LogP contribution in [-0.4, -0.2) is 14.2 Å². The van der Waals surface area contributed by atoms with Crippen LogP contribution in [0.25, 0.3) is 0 Å². The van der Waals surface area contributed by atoms with Crippen LogP contribution in [0.5, 0.6) is 11.5 Å². The SMILES string of the molecule is COc1cc(CNc2ccc(C)c(C)c2)cc(Br)c1OC. The number of rotatable bonds is 5. The maximum atomic E-state index is 5.36. The van der Waals surface area contributed by atoms with Gasteiger partial charge in [-0.3, -0.25) is 0 Å². The average molecular weight is 350 g/mol. The molecule has 2 rings (SSSR count). The number of hydrogen-bond acceptors (Lipinski definition) is 3. The van der Waals surface area contributed by atoms with Crippen LogP contribution in [0.3, 0.4) is 0 Å². The van der Waals surface area contributed by atoms with Crippen molar-refractivity contribution in [2.45, 2.75) is 20.4 Å². The summed E-state index contributed by atoms with van der Waals surface area (Å²) in [5.41, 5.74) is 4.82. The molecule has 0 bridgehead atoms. The smallest absolute Gasteiger partial charge is 0.174 e. The molecule has 3 nitrogen and oxygen atoms in total. The van der Waals surface area contributed by atoms with E-state index in [-0.39, 0.29) is 0 Å². The molecule has 0 spiro atoms. The number of anilines is 1. The van der Waals surface area contributed by atoms with Crippen molar-refractivity contribution < 1.29 is 9.47 Å². The number of benzene rings is 2. The fourth-order valence-electron chi connectivity index (χ4n) is 2.13. The molecule has 0 heterocycles. The summed E-state index contributed by atoms with van der Waals surface area (Å²) in [6.45, 7) is 4.96. The van der Waals surface area contributed by atoms with Gasteiger partial charge in [-0.2, -0.15) is 0 Å². The molecule has 0 aliphatic rings. The van der Waals surface area contributed by atoms with Gasteiger partial charge < -0.3 is 14.8 Å². The summed E-state index contributed by atoms with van der Waals surface area (Å²) in [7, 11) is 3.28. The Morgan fingerprint density at radius 2 is 1.76 bits per heavy atom. The second-order valence-corrected chi connectivity index (χ2v) is 5.82. The first-order valence-electron chi connectivity index (χ1n) is 6.76. The lowest BCUT2D eigenvalue weighted by Crippen LogP contribution is -2.01. The third-order valence-corrected chi connectivity index (χ3v) is 4.09. The monoisotopic (exact) mass is 349 g/mol. The molecule has 0 saturated carbocycles. The molecule has 1 N–H and O–H groups in total. The van der Waals surface area contributed by atoms with Gasteiger partial charge >= 0.3 is 0 Å². The Bertz CT molecular complexity index is 641. The zero-order chi connectivity index (χ0) is 15.4. The van der Waals surface area contributed by atoms with Crippen molar-refractivity contribution >= 4 is 21.6 Å². The summed E-state index contributed by atoms with van der Waals surface area (Å²) in [5, 5.41) is 3.43. The second kappa shape index (κ2) is 6.85. The lowest BCUT2D eigenvalue weighted by Gasteiger charge is -2.13. The summed E-state index contributed by atoms with van der Waals surface area (Å²) in [4.78, 5) is 0. The van der Waals surface area contributed by atoms with Gasteiger partial charge in [-0.25, -0.2) is 0 Å². The van der Waals surface area contributed by atoms with Crippen LogP contribution in [-0.2, 0) is 6.54 Å².